The van der Waals surface area contributed by atoms with E-state index in [0.717, 1.165) is 16.3 Å². The highest BCUT2D eigenvalue weighted by Crippen LogP contribution is 2.22. The van der Waals surface area contributed by atoms with Crippen molar-refractivity contribution >= 4 is 22.4 Å². The molecule has 0 spiro atoms. The summed E-state index contributed by atoms with van der Waals surface area (Å²) in [5.74, 6) is 1.91. The van der Waals surface area contributed by atoms with Crippen LogP contribution < -0.4 is 14.8 Å². The zero-order valence-corrected chi connectivity index (χ0v) is 15.0. The Bertz CT molecular complexity index is 848. The van der Waals surface area contributed by atoms with Gasteiger partial charge in [0.25, 0.3) is 5.91 Å². The maximum Gasteiger partial charge on any atom is 0.293 e. The number of anilines is 1. The van der Waals surface area contributed by atoms with Gasteiger partial charge < -0.3 is 13.9 Å². The molecular weight excluding hydrogens is 340 g/mol. The molecule has 0 aliphatic heterocycles. The fraction of sp³-hybridized carbons (Fsp3) is 0.222. The lowest BCUT2D eigenvalue weighted by atomic mass is 10.3. The van der Waals surface area contributed by atoms with Crippen molar-refractivity contribution in [1.82, 2.24) is 4.98 Å². The summed E-state index contributed by atoms with van der Waals surface area (Å²) in [5.41, 5.74) is 0.910. The van der Waals surface area contributed by atoms with E-state index < -0.39 is 0 Å². The summed E-state index contributed by atoms with van der Waals surface area (Å²) in [6, 6.07) is 10.6. The Labute approximate surface area is 149 Å². The van der Waals surface area contributed by atoms with Crippen molar-refractivity contribution in [2.75, 3.05) is 12.4 Å². The average Bonchev–Trinajstić information content (AvgIpc) is 3.20. The lowest BCUT2D eigenvalue weighted by molar-refractivity contribution is 0.0992. The number of benzene rings is 1. The predicted molar refractivity (Wildman–Crippen MR) is 95.6 cm³/mol. The van der Waals surface area contributed by atoms with Gasteiger partial charge in [0.05, 0.1) is 12.8 Å². The molecule has 0 radical (unpaired) electrons. The summed E-state index contributed by atoms with van der Waals surface area (Å²) < 4.78 is 16.3. The van der Waals surface area contributed by atoms with E-state index in [2.05, 4.69) is 10.3 Å². The van der Waals surface area contributed by atoms with Crippen LogP contribution in [0.4, 0.5) is 5.13 Å². The molecule has 1 aromatic carbocycles. The molecule has 130 valence electrons. The van der Waals surface area contributed by atoms with Gasteiger partial charge in [-0.25, -0.2) is 4.98 Å². The molecule has 0 saturated carbocycles. The molecule has 3 aromatic rings. The molecular formula is C18H18N2O4S. The Kier molecular flexibility index (Phi) is 5.04. The number of nitrogens with one attached hydrogen (secondary N) is 1. The highest BCUT2D eigenvalue weighted by atomic mass is 32.1. The second-order valence-corrected chi connectivity index (χ2v) is 6.55. The first-order valence-corrected chi connectivity index (χ1v) is 8.48. The fourth-order valence-corrected chi connectivity index (χ4v) is 2.90. The molecule has 2 heterocycles. The zero-order chi connectivity index (χ0) is 17.8. The number of hydrogen-bond acceptors (Lipinski definition) is 6. The first-order chi connectivity index (χ1) is 12.0. The predicted octanol–water partition coefficient (Wildman–Crippen LogP) is 4.19. The molecule has 1 N–H and O–H groups in total. The Balaban J connectivity index is 1.58. The molecule has 1 amide bonds. The maximum atomic E-state index is 12.2. The number of furan rings is 1. The van der Waals surface area contributed by atoms with E-state index in [1.807, 2.05) is 38.1 Å². The van der Waals surface area contributed by atoms with Crippen molar-refractivity contribution in [1.29, 1.82) is 0 Å². The van der Waals surface area contributed by atoms with Crippen LogP contribution in [0.25, 0.3) is 0 Å². The van der Waals surface area contributed by atoms with E-state index in [1.165, 1.54) is 11.3 Å². The van der Waals surface area contributed by atoms with E-state index >= 15 is 0 Å². The number of amides is 1. The molecule has 0 aliphatic carbocycles. The zero-order valence-electron chi connectivity index (χ0n) is 14.2. The Morgan fingerprint density at radius 2 is 1.88 bits per heavy atom. The number of aryl methyl sites for hydroxylation is 2. The first kappa shape index (κ1) is 17.0. The van der Waals surface area contributed by atoms with Gasteiger partial charge in [-0.1, -0.05) is 0 Å². The second-order valence-electron chi connectivity index (χ2n) is 5.34. The minimum atomic E-state index is -0.329. The summed E-state index contributed by atoms with van der Waals surface area (Å²) in [6.45, 7) is 4.10. The molecule has 0 bridgehead atoms. The van der Waals surface area contributed by atoms with Crippen LogP contribution in [0.3, 0.4) is 0 Å². The van der Waals surface area contributed by atoms with Crippen LogP contribution in [0.2, 0.25) is 0 Å². The van der Waals surface area contributed by atoms with Crippen molar-refractivity contribution in [3.63, 3.8) is 0 Å². The van der Waals surface area contributed by atoms with Gasteiger partial charge >= 0.3 is 0 Å². The number of methoxy groups -OCH3 is 1. The lowest BCUT2D eigenvalue weighted by Crippen LogP contribution is -2.10. The third-order valence-electron chi connectivity index (χ3n) is 3.57. The molecule has 0 atom stereocenters. The average molecular weight is 358 g/mol. The second kappa shape index (κ2) is 7.40. The molecule has 7 heteroatoms. The standard InChI is InChI=1S/C18H18N2O4S/c1-11-12(2)25-18(19-11)20-17(21)16-9-8-15(24-16)10-23-14-6-4-13(22-3)5-7-14/h4-9H,10H2,1-3H3,(H,19,20,21). The molecule has 3 rings (SSSR count). The van der Waals surface area contributed by atoms with Crippen LogP contribution in [0.15, 0.2) is 40.8 Å². The molecule has 0 unspecified atom stereocenters. The number of aromatic nitrogens is 1. The smallest absolute Gasteiger partial charge is 0.293 e. The molecule has 0 aliphatic rings. The van der Waals surface area contributed by atoms with Crippen LogP contribution in [0, 0.1) is 13.8 Å². The van der Waals surface area contributed by atoms with Crippen LogP contribution in [0.1, 0.15) is 26.9 Å². The van der Waals surface area contributed by atoms with Crippen LogP contribution >= 0.6 is 11.3 Å². The Morgan fingerprint density at radius 3 is 2.52 bits per heavy atom. The topological polar surface area (TPSA) is 73.6 Å². The summed E-state index contributed by atoms with van der Waals surface area (Å²) in [7, 11) is 1.61. The third kappa shape index (κ3) is 4.19. The van der Waals surface area contributed by atoms with Gasteiger partial charge in [0.1, 0.15) is 23.9 Å². The Hall–Kier alpha value is -2.80. The SMILES string of the molecule is COc1ccc(OCc2ccc(C(=O)Nc3nc(C)c(C)s3)o2)cc1. The van der Waals surface area contributed by atoms with Crippen molar-refractivity contribution in [2.24, 2.45) is 0 Å². The summed E-state index contributed by atoms with van der Waals surface area (Å²) in [5, 5.41) is 3.30. The van der Waals surface area contributed by atoms with Crippen LogP contribution in [0.5, 0.6) is 11.5 Å². The fourth-order valence-electron chi connectivity index (χ4n) is 2.09. The molecule has 6 nitrogen and oxygen atoms in total. The van der Waals surface area contributed by atoms with Crippen molar-refractivity contribution in [3.8, 4) is 11.5 Å². The first-order valence-electron chi connectivity index (χ1n) is 7.66. The van der Waals surface area contributed by atoms with E-state index in [1.54, 1.807) is 19.2 Å². The van der Waals surface area contributed by atoms with E-state index in [0.29, 0.717) is 16.6 Å². The quantitative estimate of drug-likeness (QED) is 0.715. The number of thiazole rings is 1. The highest BCUT2D eigenvalue weighted by molar-refractivity contribution is 7.15. The number of carbonyl (C=O) groups excluding carboxylic acids is 1. The largest absolute Gasteiger partial charge is 0.497 e. The minimum Gasteiger partial charge on any atom is -0.497 e. The number of ether oxygens (including phenoxy) is 2. The van der Waals surface area contributed by atoms with Crippen molar-refractivity contribution in [2.45, 2.75) is 20.5 Å². The van der Waals surface area contributed by atoms with Crippen molar-refractivity contribution < 1.29 is 18.7 Å². The number of rotatable bonds is 6. The third-order valence-corrected chi connectivity index (χ3v) is 4.56. The normalized spacial score (nSPS) is 10.5. The molecule has 0 saturated heterocycles. The summed E-state index contributed by atoms with van der Waals surface area (Å²) in [6.07, 6.45) is 0. The lowest BCUT2D eigenvalue weighted by Gasteiger charge is -2.05. The number of nitrogens with zero attached hydrogens (tertiary/aromatic N) is 1. The maximum absolute atomic E-state index is 12.2. The minimum absolute atomic E-state index is 0.221. The number of carbonyl (C=O) groups is 1. The van der Waals surface area contributed by atoms with Crippen LogP contribution in [-0.4, -0.2) is 18.0 Å². The Morgan fingerprint density at radius 1 is 1.16 bits per heavy atom. The highest BCUT2D eigenvalue weighted by Gasteiger charge is 2.14. The van der Waals surface area contributed by atoms with Gasteiger partial charge in [-0.15, -0.1) is 11.3 Å². The summed E-state index contributed by atoms with van der Waals surface area (Å²) in [4.78, 5) is 17.6. The molecule has 25 heavy (non-hydrogen) atoms. The van der Waals surface area contributed by atoms with Gasteiger partial charge in [0, 0.05) is 4.88 Å². The molecule has 0 fully saturated rings. The van der Waals surface area contributed by atoms with Crippen LogP contribution in [-0.2, 0) is 6.61 Å². The van der Waals surface area contributed by atoms with E-state index in [-0.39, 0.29) is 18.3 Å². The van der Waals surface area contributed by atoms with E-state index in [4.69, 9.17) is 13.9 Å². The van der Waals surface area contributed by atoms with Gasteiger partial charge in [-0.3, -0.25) is 10.1 Å². The van der Waals surface area contributed by atoms with Gasteiger partial charge in [0.15, 0.2) is 10.9 Å². The monoisotopic (exact) mass is 358 g/mol. The summed E-state index contributed by atoms with van der Waals surface area (Å²) >= 11 is 1.44. The van der Waals surface area contributed by atoms with E-state index in [9.17, 15) is 4.79 Å². The van der Waals surface area contributed by atoms with Crippen molar-refractivity contribution in [3.05, 3.63) is 58.5 Å². The number of hydrogen-bond donors (Lipinski definition) is 1. The molecule has 2 aromatic heterocycles. The van der Waals surface area contributed by atoms with Gasteiger partial charge in [-0.2, -0.15) is 0 Å². The van der Waals surface area contributed by atoms with Gasteiger partial charge in [-0.05, 0) is 50.2 Å². The van der Waals surface area contributed by atoms with Gasteiger partial charge in [0.2, 0.25) is 0 Å².